The van der Waals surface area contributed by atoms with Crippen molar-refractivity contribution in [2.45, 2.75) is 50.2 Å². The molecule has 1 fully saturated rings. The summed E-state index contributed by atoms with van der Waals surface area (Å²) in [6.45, 7) is 0.364. The Balaban J connectivity index is 1.40. The number of halogens is 3. The highest BCUT2D eigenvalue weighted by atomic mass is 19.4. The maximum atomic E-state index is 14.1. The minimum absolute atomic E-state index is 0.148. The number of carbonyl (C=O) groups is 2. The standard InChI is InChI=1S/C30H29F3N4O4/c1-41-22-7-5-6-19(17-22)8-9-20-10-11-24-21(16-20)12-15-37(24)28-34-18-23(25(35-28)30(31,32)33)26(38)36-29(27(39)40)13-3-2-4-14-29/h5-11,16-18H,2-4,12-15H2,1H3,(H,36,38)(H,39,40)/b9-8+. The lowest BCUT2D eigenvalue weighted by molar-refractivity contribution is -0.145. The molecule has 1 aliphatic heterocycles. The third kappa shape index (κ3) is 5.89. The topological polar surface area (TPSA) is 105 Å². The maximum Gasteiger partial charge on any atom is 0.434 e. The number of nitrogens with one attached hydrogen (secondary N) is 1. The molecule has 1 amide bonds. The number of ether oxygens (including phenoxy) is 1. The lowest BCUT2D eigenvalue weighted by Gasteiger charge is -2.34. The minimum atomic E-state index is -4.95. The molecule has 41 heavy (non-hydrogen) atoms. The van der Waals surface area contributed by atoms with E-state index in [9.17, 15) is 27.9 Å². The summed E-state index contributed by atoms with van der Waals surface area (Å²) in [7, 11) is 1.60. The number of aromatic nitrogens is 2. The SMILES string of the molecule is COc1cccc(/C=C/c2ccc3c(c2)CCN3c2ncc(C(=O)NC3(C(=O)O)CCCCC3)c(C(F)(F)F)n2)c1. The highest BCUT2D eigenvalue weighted by molar-refractivity contribution is 5.98. The number of benzene rings is 2. The summed E-state index contributed by atoms with van der Waals surface area (Å²) in [4.78, 5) is 34.4. The number of hydrogen-bond donors (Lipinski definition) is 2. The Bertz CT molecular complexity index is 1500. The molecule has 2 aliphatic rings. The van der Waals surface area contributed by atoms with E-state index in [1.165, 1.54) is 0 Å². The molecule has 0 saturated heterocycles. The first-order valence-electron chi connectivity index (χ1n) is 13.3. The van der Waals surface area contributed by atoms with Gasteiger partial charge in [-0.2, -0.15) is 13.2 Å². The first-order valence-corrected chi connectivity index (χ1v) is 13.3. The molecule has 2 heterocycles. The van der Waals surface area contributed by atoms with E-state index >= 15 is 0 Å². The predicted octanol–water partition coefficient (Wildman–Crippen LogP) is 5.89. The second-order valence-electron chi connectivity index (χ2n) is 10.2. The molecular weight excluding hydrogens is 537 g/mol. The van der Waals surface area contributed by atoms with Crippen LogP contribution in [0.4, 0.5) is 24.8 Å². The van der Waals surface area contributed by atoms with Gasteiger partial charge in [0, 0.05) is 18.4 Å². The van der Waals surface area contributed by atoms with Crippen LogP contribution in [-0.2, 0) is 17.4 Å². The lowest BCUT2D eigenvalue weighted by Crippen LogP contribution is -2.55. The van der Waals surface area contributed by atoms with Crippen molar-refractivity contribution in [2.24, 2.45) is 0 Å². The van der Waals surface area contributed by atoms with E-state index < -0.39 is 34.8 Å². The van der Waals surface area contributed by atoms with Crippen molar-refractivity contribution in [1.29, 1.82) is 0 Å². The molecule has 2 N–H and O–H groups in total. The Morgan fingerprint density at radius 1 is 1.07 bits per heavy atom. The third-order valence-electron chi connectivity index (χ3n) is 7.56. The molecule has 2 aromatic carbocycles. The van der Waals surface area contributed by atoms with Crippen LogP contribution in [0.15, 0.2) is 48.7 Å². The molecule has 1 aromatic heterocycles. The van der Waals surface area contributed by atoms with Crippen molar-refractivity contribution in [1.82, 2.24) is 15.3 Å². The number of hydrogen-bond acceptors (Lipinski definition) is 6. The fraction of sp³-hybridized carbons (Fsp3) is 0.333. The number of fused-ring (bicyclic) bond motifs is 1. The summed E-state index contributed by atoms with van der Waals surface area (Å²) in [5.41, 5.74) is -0.316. The average molecular weight is 567 g/mol. The van der Waals surface area contributed by atoms with Gasteiger partial charge in [0.25, 0.3) is 5.91 Å². The van der Waals surface area contributed by atoms with Gasteiger partial charge >= 0.3 is 12.1 Å². The number of carboxylic acid groups (broad SMARTS) is 1. The quantitative estimate of drug-likeness (QED) is 0.344. The van der Waals surface area contributed by atoms with Gasteiger partial charge in [-0.3, -0.25) is 4.79 Å². The van der Waals surface area contributed by atoms with E-state index in [2.05, 4.69) is 15.3 Å². The van der Waals surface area contributed by atoms with Gasteiger partial charge in [0.2, 0.25) is 5.95 Å². The summed E-state index contributed by atoms with van der Waals surface area (Å²) in [5, 5.41) is 12.1. The Labute approximate surface area is 234 Å². The summed E-state index contributed by atoms with van der Waals surface area (Å²) < 4.78 is 47.6. The number of carbonyl (C=O) groups excluding carboxylic acids is 1. The van der Waals surface area contributed by atoms with Crippen molar-refractivity contribution in [2.75, 3.05) is 18.6 Å². The summed E-state index contributed by atoms with van der Waals surface area (Å²) >= 11 is 0. The number of nitrogens with zero attached hydrogens (tertiary/aromatic N) is 3. The van der Waals surface area contributed by atoms with E-state index in [0.29, 0.717) is 31.5 Å². The van der Waals surface area contributed by atoms with Crippen molar-refractivity contribution in [3.05, 3.63) is 76.6 Å². The first-order chi connectivity index (χ1) is 19.6. The molecule has 0 unspecified atom stereocenters. The summed E-state index contributed by atoms with van der Waals surface area (Å²) in [6.07, 6.45) is 2.55. The number of rotatable bonds is 7. The van der Waals surface area contributed by atoms with Crippen molar-refractivity contribution >= 4 is 35.7 Å². The number of alkyl halides is 3. The molecule has 1 saturated carbocycles. The molecular formula is C30H29F3N4O4. The van der Waals surface area contributed by atoms with E-state index in [0.717, 1.165) is 35.1 Å². The molecule has 8 nitrogen and oxygen atoms in total. The van der Waals surface area contributed by atoms with E-state index in [1.807, 2.05) is 54.6 Å². The monoisotopic (exact) mass is 566 g/mol. The Kier molecular flexibility index (Phi) is 7.70. The lowest BCUT2D eigenvalue weighted by atomic mass is 9.81. The highest BCUT2D eigenvalue weighted by Gasteiger charge is 2.44. The molecule has 0 radical (unpaired) electrons. The zero-order valence-electron chi connectivity index (χ0n) is 22.4. The smallest absolute Gasteiger partial charge is 0.434 e. The van der Waals surface area contributed by atoms with Gasteiger partial charge in [0.15, 0.2) is 5.69 Å². The maximum absolute atomic E-state index is 14.1. The van der Waals surface area contributed by atoms with Gasteiger partial charge in [-0.25, -0.2) is 14.8 Å². The van der Waals surface area contributed by atoms with Crippen LogP contribution in [0.1, 0.15) is 64.8 Å². The Morgan fingerprint density at radius 2 is 1.80 bits per heavy atom. The molecule has 0 atom stereocenters. The van der Waals surface area contributed by atoms with Crippen LogP contribution in [-0.4, -0.2) is 46.1 Å². The van der Waals surface area contributed by atoms with E-state index in [1.54, 1.807) is 12.0 Å². The molecule has 3 aromatic rings. The van der Waals surface area contributed by atoms with Gasteiger partial charge in [-0.05, 0) is 60.2 Å². The number of amides is 1. The van der Waals surface area contributed by atoms with Crippen molar-refractivity contribution in [3.63, 3.8) is 0 Å². The van der Waals surface area contributed by atoms with Crippen molar-refractivity contribution < 1.29 is 32.6 Å². The van der Waals surface area contributed by atoms with Crippen LogP contribution in [0, 0.1) is 0 Å². The van der Waals surface area contributed by atoms with Crippen LogP contribution in [0.3, 0.4) is 0 Å². The summed E-state index contributed by atoms with van der Waals surface area (Å²) in [5.74, 6) is -1.85. The number of methoxy groups -OCH3 is 1. The fourth-order valence-electron chi connectivity index (χ4n) is 5.39. The molecule has 5 rings (SSSR count). The molecule has 11 heteroatoms. The highest BCUT2D eigenvalue weighted by Crippen LogP contribution is 2.37. The third-order valence-corrected chi connectivity index (χ3v) is 7.56. The normalized spacial score (nSPS) is 16.4. The number of carboxylic acids is 1. The second-order valence-corrected chi connectivity index (χ2v) is 10.2. The van der Waals surface area contributed by atoms with E-state index in [4.69, 9.17) is 4.74 Å². The number of anilines is 2. The zero-order valence-corrected chi connectivity index (χ0v) is 22.4. The van der Waals surface area contributed by atoms with Gasteiger partial charge in [0.1, 0.15) is 11.3 Å². The molecule has 214 valence electrons. The number of aliphatic carboxylic acids is 1. The largest absolute Gasteiger partial charge is 0.497 e. The molecule has 0 bridgehead atoms. The van der Waals surface area contributed by atoms with Gasteiger partial charge in [-0.15, -0.1) is 0 Å². The van der Waals surface area contributed by atoms with Crippen LogP contribution < -0.4 is 15.0 Å². The van der Waals surface area contributed by atoms with E-state index in [-0.39, 0.29) is 18.8 Å². The zero-order chi connectivity index (χ0) is 29.2. The van der Waals surface area contributed by atoms with Crippen LogP contribution in [0.25, 0.3) is 12.2 Å². The fourth-order valence-corrected chi connectivity index (χ4v) is 5.39. The Hall–Kier alpha value is -4.41. The molecule has 1 aliphatic carbocycles. The van der Waals surface area contributed by atoms with Crippen LogP contribution in [0.5, 0.6) is 5.75 Å². The first kappa shape index (κ1) is 28.1. The predicted molar refractivity (Wildman–Crippen MR) is 147 cm³/mol. The summed E-state index contributed by atoms with van der Waals surface area (Å²) in [6, 6.07) is 13.2. The minimum Gasteiger partial charge on any atom is -0.497 e. The van der Waals surface area contributed by atoms with Crippen LogP contribution >= 0.6 is 0 Å². The Morgan fingerprint density at radius 3 is 2.49 bits per heavy atom. The second kappa shape index (κ2) is 11.2. The van der Waals surface area contributed by atoms with Gasteiger partial charge < -0.3 is 20.1 Å². The average Bonchev–Trinajstić information content (AvgIpc) is 3.39. The van der Waals surface area contributed by atoms with Crippen molar-refractivity contribution in [3.8, 4) is 5.75 Å². The van der Waals surface area contributed by atoms with Crippen LogP contribution in [0.2, 0.25) is 0 Å². The van der Waals surface area contributed by atoms with Gasteiger partial charge in [0.05, 0.1) is 12.7 Å². The molecule has 0 spiro atoms. The van der Waals surface area contributed by atoms with Gasteiger partial charge in [-0.1, -0.05) is 49.6 Å².